The largest absolute Gasteiger partial charge is 0.466 e. The van der Waals surface area contributed by atoms with Crippen LogP contribution in [0.1, 0.15) is 0 Å². The van der Waals surface area contributed by atoms with Crippen molar-refractivity contribution in [2.24, 2.45) is 0 Å². The predicted molar refractivity (Wildman–Crippen MR) is 157 cm³/mol. The Hall–Kier alpha value is -5.22. The molecule has 0 aliphatic carbocycles. The van der Waals surface area contributed by atoms with E-state index in [0.717, 1.165) is 55.7 Å². The van der Waals surface area contributed by atoms with E-state index in [9.17, 15) is 0 Å². The SMILES string of the molecule is C=COc1ccc2c(c1)c1ccccc1n2-c1cccc(-n2c3ccccc3c3cc(OC=C)ccc32)c1. The summed E-state index contributed by atoms with van der Waals surface area (Å²) in [6.45, 7) is 7.40. The molecule has 182 valence electrons. The lowest BCUT2D eigenvalue weighted by molar-refractivity contribution is 0.484. The molecule has 0 unspecified atom stereocenters. The molecular formula is C34H24N2O2. The summed E-state index contributed by atoms with van der Waals surface area (Å²) >= 11 is 0. The summed E-state index contributed by atoms with van der Waals surface area (Å²) < 4.78 is 15.8. The molecule has 0 radical (unpaired) electrons. The summed E-state index contributed by atoms with van der Waals surface area (Å²) in [4.78, 5) is 0. The van der Waals surface area contributed by atoms with Crippen molar-refractivity contribution >= 4 is 43.6 Å². The van der Waals surface area contributed by atoms with Crippen LogP contribution in [0.5, 0.6) is 11.5 Å². The van der Waals surface area contributed by atoms with Gasteiger partial charge in [-0.25, -0.2) is 0 Å². The van der Waals surface area contributed by atoms with Crippen LogP contribution < -0.4 is 9.47 Å². The van der Waals surface area contributed by atoms with Gasteiger partial charge in [0.25, 0.3) is 0 Å². The first-order chi connectivity index (χ1) is 18.8. The number of rotatable bonds is 6. The maximum atomic E-state index is 5.59. The zero-order valence-electron chi connectivity index (χ0n) is 20.7. The second-order valence-electron chi connectivity index (χ2n) is 9.15. The van der Waals surface area contributed by atoms with Crippen LogP contribution in [0.15, 0.2) is 135 Å². The van der Waals surface area contributed by atoms with Crippen LogP contribution in [0.3, 0.4) is 0 Å². The van der Waals surface area contributed by atoms with Crippen molar-refractivity contribution in [1.82, 2.24) is 9.13 Å². The van der Waals surface area contributed by atoms with Gasteiger partial charge in [-0.2, -0.15) is 0 Å². The Bertz CT molecular complexity index is 1880. The molecule has 0 fully saturated rings. The van der Waals surface area contributed by atoms with Gasteiger partial charge in [0.05, 0.1) is 34.6 Å². The lowest BCUT2D eigenvalue weighted by atomic mass is 10.1. The van der Waals surface area contributed by atoms with Gasteiger partial charge in [-0.1, -0.05) is 55.6 Å². The molecule has 0 aliphatic heterocycles. The van der Waals surface area contributed by atoms with Crippen LogP contribution in [0.2, 0.25) is 0 Å². The minimum atomic E-state index is 0.772. The molecule has 0 saturated carbocycles. The van der Waals surface area contributed by atoms with E-state index in [4.69, 9.17) is 9.47 Å². The van der Waals surface area contributed by atoms with Crippen molar-refractivity contribution < 1.29 is 9.47 Å². The van der Waals surface area contributed by atoms with E-state index in [-0.39, 0.29) is 0 Å². The standard InChI is InChI=1S/C34H24N2O2/c1-3-37-25-16-18-33-29(21-25)27-12-5-7-14-31(27)35(33)23-10-9-11-24(20-23)36-32-15-8-6-13-28(32)30-22-26(38-4-2)17-19-34(30)36/h3-22H,1-2H2. The highest BCUT2D eigenvalue weighted by molar-refractivity contribution is 6.11. The van der Waals surface area contributed by atoms with Gasteiger partial charge < -0.3 is 18.6 Å². The second-order valence-corrected chi connectivity index (χ2v) is 9.15. The number of nitrogens with zero attached hydrogens (tertiary/aromatic N) is 2. The third-order valence-corrected chi connectivity index (χ3v) is 7.07. The average molecular weight is 493 g/mol. The number of para-hydroxylation sites is 2. The van der Waals surface area contributed by atoms with E-state index < -0.39 is 0 Å². The molecule has 0 N–H and O–H groups in total. The van der Waals surface area contributed by atoms with Gasteiger partial charge in [-0.15, -0.1) is 0 Å². The van der Waals surface area contributed by atoms with Crippen molar-refractivity contribution in [2.45, 2.75) is 0 Å². The Morgan fingerprint density at radius 1 is 0.447 bits per heavy atom. The van der Waals surface area contributed by atoms with Gasteiger partial charge in [0.15, 0.2) is 0 Å². The van der Waals surface area contributed by atoms with Crippen molar-refractivity contribution in [3.63, 3.8) is 0 Å². The number of hydrogen-bond donors (Lipinski definition) is 0. The summed E-state index contributed by atoms with van der Waals surface area (Å²) in [7, 11) is 0. The van der Waals surface area contributed by atoms with E-state index in [2.05, 4.69) is 119 Å². The fraction of sp³-hybridized carbons (Fsp3) is 0. The molecule has 0 aliphatic rings. The number of ether oxygens (including phenoxy) is 2. The number of benzene rings is 5. The number of fused-ring (bicyclic) bond motifs is 6. The minimum absolute atomic E-state index is 0.772. The van der Waals surface area contributed by atoms with Gasteiger partial charge in [0.1, 0.15) is 11.5 Å². The fourth-order valence-corrected chi connectivity index (χ4v) is 5.57. The van der Waals surface area contributed by atoms with Crippen molar-refractivity contribution in [3.8, 4) is 22.9 Å². The maximum Gasteiger partial charge on any atom is 0.127 e. The highest BCUT2D eigenvalue weighted by Crippen LogP contribution is 2.37. The van der Waals surface area contributed by atoms with Crippen LogP contribution >= 0.6 is 0 Å². The first-order valence-electron chi connectivity index (χ1n) is 12.5. The van der Waals surface area contributed by atoms with Gasteiger partial charge in [-0.3, -0.25) is 0 Å². The van der Waals surface area contributed by atoms with E-state index in [1.165, 1.54) is 23.3 Å². The predicted octanol–water partition coefficient (Wildman–Crippen LogP) is 8.93. The highest BCUT2D eigenvalue weighted by Gasteiger charge is 2.16. The molecule has 0 bridgehead atoms. The molecule has 7 aromatic rings. The molecule has 0 spiro atoms. The zero-order valence-corrected chi connectivity index (χ0v) is 20.7. The zero-order chi connectivity index (χ0) is 25.6. The van der Waals surface area contributed by atoms with Crippen LogP contribution in [0.4, 0.5) is 0 Å². The molecule has 4 nitrogen and oxygen atoms in total. The molecular weight excluding hydrogens is 468 g/mol. The molecule has 0 atom stereocenters. The molecule has 0 saturated heterocycles. The van der Waals surface area contributed by atoms with Gasteiger partial charge in [0.2, 0.25) is 0 Å². The molecule has 2 heterocycles. The minimum Gasteiger partial charge on any atom is -0.466 e. The molecule has 38 heavy (non-hydrogen) atoms. The first kappa shape index (κ1) is 22.0. The number of hydrogen-bond acceptors (Lipinski definition) is 2. The second kappa shape index (κ2) is 8.71. The molecule has 4 heteroatoms. The van der Waals surface area contributed by atoms with Crippen LogP contribution in [-0.2, 0) is 0 Å². The van der Waals surface area contributed by atoms with Gasteiger partial charge >= 0.3 is 0 Å². The van der Waals surface area contributed by atoms with Gasteiger partial charge in [0, 0.05) is 32.9 Å². The molecule has 7 rings (SSSR count). The summed E-state index contributed by atoms with van der Waals surface area (Å²) in [5.41, 5.74) is 6.70. The Labute approximate surface area is 219 Å². The van der Waals surface area contributed by atoms with Crippen LogP contribution in [0.25, 0.3) is 55.0 Å². The smallest absolute Gasteiger partial charge is 0.127 e. The Morgan fingerprint density at radius 2 is 0.895 bits per heavy atom. The van der Waals surface area contributed by atoms with E-state index in [0.29, 0.717) is 0 Å². The van der Waals surface area contributed by atoms with E-state index in [1.807, 2.05) is 12.1 Å². The summed E-state index contributed by atoms with van der Waals surface area (Å²) in [6.07, 6.45) is 2.92. The summed E-state index contributed by atoms with van der Waals surface area (Å²) in [5, 5.41) is 4.62. The summed E-state index contributed by atoms with van der Waals surface area (Å²) in [6, 6.07) is 38.0. The molecule has 5 aromatic carbocycles. The van der Waals surface area contributed by atoms with Gasteiger partial charge in [-0.05, 0) is 66.7 Å². The Morgan fingerprint density at radius 3 is 1.37 bits per heavy atom. The molecule has 2 aromatic heterocycles. The van der Waals surface area contributed by atoms with Crippen molar-refractivity contribution in [3.05, 3.63) is 135 Å². The van der Waals surface area contributed by atoms with Crippen molar-refractivity contribution in [1.29, 1.82) is 0 Å². The first-order valence-corrected chi connectivity index (χ1v) is 12.5. The van der Waals surface area contributed by atoms with Crippen molar-refractivity contribution in [2.75, 3.05) is 0 Å². The Kier molecular flexibility index (Phi) is 5.05. The number of aromatic nitrogens is 2. The third-order valence-electron chi connectivity index (χ3n) is 7.07. The maximum absolute atomic E-state index is 5.59. The lowest BCUT2D eigenvalue weighted by Crippen LogP contribution is -1.98. The van der Waals surface area contributed by atoms with E-state index >= 15 is 0 Å². The lowest BCUT2D eigenvalue weighted by Gasteiger charge is -2.13. The normalized spacial score (nSPS) is 11.4. The highest BCUT2D eigenvalue weighted by atomic mass is 16.5. The fourth-order valence-electron chi connectivity index (χ4n) is 5.57. The average Bonchev–Trinajstić information content (AvgIpc) is 3.46. The summed E-state index contributed by atoms with van der Waals surface area (Å²) in [5.74, 6) is 1.54. The van der Waals surface area contributed by atoms with E-state index in [1.54, 1.807) is 0 Å². The van der Waals surface area contributed by atoms with Crippen LogP contribution in [0, 0.1) is 0 Å². The monoisotopic (exact) mass is 492 g/mol. The topological polar surface area (TPSA) is 28.3 Å². The van der Waals surface area contributed by atoms with Crippen LogP contribution in [-0.4, -0.2) is 9.13 Å². The third kappa shape index (κ3) is 3.31. The molecule has 0 amide bonds. The quantitative estimate of drug-likeness (QED) is 0.217. The Balaban J connectivity index is 1.48.